The second-order valence-electron chi connectivity index (χ2n) is 3.18. The first-order valence-electron chi connectivity index (χ1n) is 4.40. The lowest BCUT2D eigenvalue weighted by Gasteiger charge is -2.03. The number of hydrogen-bond donors (Lipinski definition) is 2. The molecule has 1 fully saturated rings. The molecule has 1 amide bonds. The second kappa shape index (κ2) is 4.97. The highest BCUT2D eigenvalue weighted by Gasteiger charge is 2.22. The molecule has 88 valence electrons. The third-order valence-electron chi connectivity index (χ3n) is 1.99. The molecule has 3 nitrogen and oxygen atoms in total. The molecule has 1 aromatic rings. The number of benzene rings is 1. The number of hydrogen-bond acceptors (Lipinski definition) is 4. The van der Waals surface area contributed by atoms with Gasteiger partial charge in [0.25, 0.3) is 5.91 Å². The lowest BCUT2D eigenvalue weighted by atomic mass is 10.2. The Kier molecular flexibility index (Phi) is 3.77. The SMILES string of the molecule is O=C1NC(=S)SC1=Cc1cc(Cl)cc(Br)c1O. The van der Waals surface area contributed by atoms with Crippen LogP contribution in [0.3, 0.4) is 0 Å². The number of amides is 1. The van der Waals surface area contributed by atoms with Gasteiger partial charge >= 0.3 is 0 Å². The minimum absolute atomic E-state index is 0.0353. The van der Waals surface area contributed by atoms with E-state index in [-0.39, 0.29) is 11.7 Å². The summed E-state index contributed by atoms with van der Waals surface area (Å²) >= 11 is 15.1. The zero-order valence-corrected chi connectivity index (χ0v) is 12.1. The number of thiocarbonyl (C=S) groups is 1. The number of phenols is 1. The number of carbonyl (C=O) groups excluding carboxylic acids is 1. The van der Waals surface area contributed by atoms with Gasteiger partial charge in [0.05, 0.1) is 9.38 Å². The Labute approximate surface area is 120 Å². The van der Waals surface area contributed by atoms with Crippen LogP contribution in [0.1, 0.15) is 5.56 Å². The van der Waals surface area contributed by atoms with Gasteiger partial charge in [-0.25, -0.2) is 0 Å². The highest BCUT2D eigenvalue weighted by molar-refractivity contribution is 9.10. The van der Waals surface area contributed by atoms with Gasteiger partial charge in [-0.3, -0.25) is 4.79 Å². The van der Waals surface area contributed by atoms with Crippen molar-refractivity contribution in [2.75, 3.05) is 0 Å². The van der Waals surface area contributed by atoms with Crippen molar-refractivity contribution in [3.63, 3.8) is 0 Å². The van der Waals surface area contributed by atoms with Crippen molar-refractivity contribution < 1.29 is 9.90 Å². The Balaban J connectivity index is 2.46. The van der Waals surface area contributed by atoms with Crippen LogP contribution in [0.5, 0.6) is 5.75 Å². The largest absolute Gasteiger partial charge is 0.506 e. The summed E-state index contributed by atoms with van der Waals surface area (Å²) in [5, 5.41) is 12.8. The number of phenolic OH excluding ortho intramolecular Hbond substituents is 1. The van der Waals surface area contributed by atoms with Gasteiger partial charge < -0.3 is 10.4 Å². The maximum atomic E-state index is 11.5. The lowest BCUT2D eigenvalue weighted by molar-refractivity contribution is -0.115. The summed E-state index contributed by atoms with van der Waals surface area (Å²) in [4.78, 5) is 11.9. The van der Waals surface area contributed by atoms with Crippen LogP contribution in [0.25, 0.3) is 6.08 Å². The van der Waals surface area contributed by atoms with Crippen LogP contribution in [-0.2, 0) is 4.79 Å². The fourth-order valence-electron chi connectivity index (χ4n) is 1.26. The predicted octanol–water partition coefficient (Wildman–Crippen LogP) is 3.30. The monoisotopic (exact) mass is 349 g/mol. The highest BCUT2D eigenvalue weighted by Crippen LogP contribution is 2.35. The van der Waals surface area contributed by atoms with Crippen molar-refractivity contribution >= 4 is 67.8 Å². The smallest absolute Gasteiger partial charge is 0.263 e. The molecule has 0 unspecified atom stereocenters. The maximum Gasteiger partial charge on any atom is 0.263 e. The normalized spacial score (nSPS) is 17.6. The standard InChI is InChI=1S/C10H5BrClNO2S2/c11-6-3-5(12)1-4(8(6)14)2-7-9(15)13-10(16)17-7/h1-3,14H,(H,13,15,16). The zero-order valence-electron chi connectivity index (χ0n) is 8.16. The highest BCUT2D eigenvalue weighted by atomic mass is 79.9. The summed E-state index contributed by atoms with van der Waals surface area (Å²) in [6, 6.07) is 3.15. The van der Waals surface area contributed by atoms with Crippen molar-refractivity contribution in [3.8, 4) is 5.75 Å². The minimum Gasteiger partial charge on any atom is -0.506 e. The molecule has 2 N–H and O–H groups in total. The van der Waals surface area contributed by atoms with Crippen molar-refractivity contribution in [2.45, 2.75) is 0 Å². The van der Waals surface area contributed by atoms with Crippen molar-refractivity contribution in [3.05, 3.63) is 32.1 Å². The first-order valence-corrected chi connectivity index (χ1v) is 6.80. The molecular formula is C10H5BrClNO2S2. The molecule has 1 aliphatic heterocycles. The molecule has 0 aliphatic carbocycles. The molecule has 0 bridgehead atoms. The van der Waals surface area contributed by atoms with E-state index >= 15 is 0 Å². The van der Waals surface area contributed by atoms with Gasteiger partial charge in [0.15, 0.2) is 0 Å². The third kappa shape index (κ3) is 2.82. The fourth-order valence-corrected chi connectivity index (χ4v) is 3.13. The number of halogens is 2. The van der Waals surface area contributed by atoms with E-state index in [1.165, 1.54) is 0 Å². The summed E-state index contributed by atoms with van der Waals surface area (Å²) in [5.41, 5.74) is 0.465. The summed E-state index contributed by atoms with van der Waals surface area (Å²) in [5.74, 6) is -0.233. The molecule has 0 aromatic heterocycles. The molecule has 1 aromatic carbocycles. The van der Waals surface area contributed by atoms with Crippen LogP contribution in [0.2, 0.25) is 5.02 Å². The van der Waals surface area contributed by atoms with E-state index in [1.807, 2.05) is 0 Å². The van der Waals surface area contributed by atoms with E-state index in [4.69, 9.17) is 23.8 Å². The van der Waals surface area contributed by atoms with Crippen LogP contribution in [0.4, 0.5) is 0 Å². The van der Waals surface area contributed by atoms with Gasteiger partial charge in [-0.15, -0.1) is 0 Å². The van der Waals surface area contributed by atoms with E-state index in [9.17, 15) is 9.90 Å². The van der Waals surface area contributed by atoms with Crippen LogP contribution in [-0.4, -0.2) is 15.3 Å². The average Bonchev–Trinajstić information content (AvgIpc) is 2.53. The number of nitrogens with one attached hydrogen (secondary N) is 1. The Morgan fingerprint density at radius 3 is 2.82 bits per heavy atom. The van der Waals surface area contributed by atoms with E-state index < -0.39 is 0 Å². The molecule has 2 rings (SSSR count). The number of carbonyl (C=O) groups is 1. The van der Waals surface area contributed by atoms with E-state index in [1.54, 1.807) is 18.2 Å². The van der Waals surface area contributed by atoms with Gasteiger partial charge in [-0.2, -0.15) is 0 Å². The topological polar surface area (TPSA) is 49.3 Å². The molecule has 7 heteroatoms. The Bertz CT molecular complexity index is 559. The van der Waals surface area contributed by atoms with Crippen LogP contribution >= 0.6 is 51.5 Å². The quantitative estimate of drug-likeness (QED) is 0.603. The average molecular weight is 351 g/mol. The van der Waals surface area contributed by atoms with Gasteiger partial charge in [0, 0.05) is 10.6 Å². The number of rotatable bonds is 1. The summed E-state index contributed by atoms with van der Waals surface area (Å²) in [6.07, 6.45) is 1.55. The maximum absolute atomic E-state index is 11.5. The first-order chi connectivity index (χ1) is 7.97. The summed E-state index contributed by atoms with van der Waals surface area (Å²) < 4.78 is 0.879. The van der Waals surface area contributed by atoms with Crippen molar-refractivity contribution in [1.29, 1.82) is 0 Å². The second-order valence-corrected chi connectivity index (χ2v) is 6.19. The van der Waals surface area contributed by atoms with Crippen LogP contribution < -0.4 is 5.32 Å². The molecule has 0 atom stereocenters. The predicted molar refractivity (Wildman–Crippen MR) is 77.1 cm³/mol. The molecular weight excluding hydrogens is 346 g/mol. The van der Waals surface area contributed by atoms with Gasteiger partial charge in [-0.05, 0) is 34.1 Å². The molecule has 1 saturated heterocycles. The third-order valence-corrected chi connectivity index (χ3v) is 3.97. The molecule has 0 spiro atoms. The summed E-state index contributed by atoms with van der Waals surface area (Å²) in [7, 11) is 0. The van der Waals surface area contributed by atoms with Crippen LogP contribution in [0, 0.1) is 0 Å². The lowest BCUT2D eigenvalue weighted by Crippen LogP contribution is -2.17. The van der Waals surface area contributed by atoms with E-state index in [0.717, 1.165) is 11.8 Å². The fraction of sp³-hybridized carbons (Fsp3) is 0. The molecule has 17 heavy (non-hydrogen) atoms. The number of aromatic hydroxyl groups is 1. The Morgan fingerprint density at radius 1 is 1.53 bits per heavy atom. The first kappa shape index (κ1) is 12.9. The number of thioether (sulfide) groups is 1. The molecule has 0 radical (unpaired) electrons. The molecule has 1 heterocycles. The minimum atomic E-state index is -0.268. The Morgan fingerprint density at radius 2 is 2.24 bits per heavy atom. The van der Waals surface area contributed by atoms with Crippen molar-refractivity contribution in [1.82, 2.24) is 5.32 Å². The van der Waals surface area contributed by atoms with Crippen molar-refractivity contribution in [2.24, 2.45) is 0 Å². The molecule has 1 aliphatic rings. The molecule has 0 saturated carbocycles. The van der Waals surface area contributed by atoms with Gasteiger partial charge in [-0.1, -0.05) is 35.6 Å². The zero-order chi connectivity index (χ0) is 12.6. The van der Waals surface area contributed by atoms with E-state index in [2.05, 4.69) is 21.2 Å². The van der Waals surface area contributed by atoms with Gasteiger partial charge in [0.2, 0.25) is 0 Å². The van der Waals surface area contributed by atoms with Gasteiger partial charge in [0.1, 0.15) is 10.1 Å². The van der Waals surface area contributed by atoms with Crippen LogP contribution in [0.15, 0.2) is 21.5 Å². The van der Waals surface area contributed by atoms with E-state index in [0.29, 0.717) is 24.3 Å². The Hall–Kier alpha value is -0.560. The summed E-state index contributed by atoms with van der Waals surface area (Å²) in [6.45, 7) is 0.